The number of hydrogen-bond acceptors (Lipinski definition) is 5. The van der Waals surface area contributed by atoms with Gasteiger partial charge in [0.15, 0.2) is 6.61 Å². The van der Waals surface area contributed by atoms with Gasteiger partial charge in [0, 0.05) is 10.7 Å². The monoisotopic (exact) mass is 489 g/mol. The number of urea groups is 1. The summed E-state index contributed by atoms with van der Waals surface area (Å²) in [5, 5.41) is 5.42. The summed E-state index contributed by atoms with van der Waals surface area (Å²) in [7, 11) is 0. The van der Waals surface area contributed by atoms with Gasteiger partial charge in [-0.1, -0.05) is 48.0 Å². The van der Waals surface area contributed by atoms with Gasteiger partial charge >= 0.3 is 6.03 Å². The lowest BCUT2D eigenvalue weighted by atomic mass is 10.1. The second-order valence-electron chi connectivity index (χ2n) is 7.67. The van der Waals surface area contributed by atoms with E-state index in [2.05, 4.69) is 10.6 Å². The minimum atomic E-state index is -0.818. The Labute approximate surface area is 206 Å². The molecular formula is C26H20ClN3O5. The van der Waals surface area contributed by atoms with Gasteiger partial charge in [-0.3, -0.25) is 19.7 Å². The molecule has 0 atom stereocenters. The van der Waals surface area contributed by atoms with E-state index in [1.807, 2.05) is 6.92 Å². The lowest BCUT2D eigenvalue weighted by Crippen LogP contribution is -2.54. The molecule has 2 N–H and O–H groups in total. The Bertz CT molecular complexity index is 1350. The second-order valence-corrected chi connectivity index (χ2v) is 8.07. The Morgan fingerprint density at radius 1 is 1.03 bits per heavy atom. The van der Waals surface area contributed by atoms with Gasteiger partial charge in [-0.25, -0.2) is 9.69 Å². The molecule has 0 radical (unpaired) electrons. The van der Waals surface area contributed by atoms with Crippen LogP contribution in [0.15, 0.2) is 78.4 Å². The van der Waals surface area contributed by atoms with Crippen molar-refractivity contribution in [2.24, 2.45) is 0 Å². The highest BCUT2D eigenvalue weighted by atomic mass is 35.5. The van der Waals surface area contributed by atoms with Crippen molar-refractivity contribution in [2.45, 2.75) is 6.92 Å². The Balaban J connectivity index is 1.46. The molecule has 0 aromatic heterocycles. The van der Waals surface area contributed by atoms with E-state index in [0.29, 0.717) is 27.7 Å². The smallest absolute Gasteiger partial charge is 0.335 e. The Morgan fingerprint density at radius 2 is 1.80 bits per heavy atom. The molecule has 3 aromatic carbocycles. The van der Waals surface area contributed by atoms with Crippen LogP contribution in [0.1, 0.15) is 11.1 Å². The molecule has 1 saturated heterocycles. The van der Waals surface area contributed by atoms with Gasteiger partial charge in [-0.2, -0.15) is 0 Å². The summed E-state index contributed by atoms with van der Waals surface area (Å²) in [6.07, 6.45) is 1.36. The first-order valence-electron chi connectivity index (χ1n) is 10.6. The minimum absolute atomic E-state index is 0.209. The fraction of sp³-hybridized carbons (Fsp3) is 0.0769. The van der Waals surface area contributed by atoms with Gasteiger partial charge in [0.2, 0.25) is 0 Å². The first-order chi connectivity index (χ1) is 16.8. The molecule has 0 spiro atoms. The summed E-state index contributed by atoms with van der Waals surface area (Å²) < 4.78 is 5.56. The summed E-state index contributed by atoms with van der Waals surface area (Å²) in [6.45, 7) is 1.60. The van der Waals surface area contributed by atoms with Crippen molar-refractivity contribution in [1.29, 1.82) is 0 Å². The second kappa shape index (κ2) is 10.2. The molecule has 0 aliphatic carbocycles. The van der Waals surface area contributed by atoms with Crippen LogP contribution in [0.5, 0.6) is 5.75 Å². The summed E-state index contributed by atoms with van der Waals surface area (Å²) >= 11 is 6.08. The quantitative estimate of drug-likeness (QED) is 0.396. The van der Waals surface area contributed by atoms with Crippen LogP contribution < -0.4 is 20.3 Å². The summed E-state index contributed by atoms with van der Waals surface area (Å²) in [6, 6.07) is 19.2. The number of carbonyl (C=O) groups is 4. The standard InChI is InChI=1S/C26H20ClN3O5/c1-16-10-11-18(14-22(16)27)28-23(31)15-35-20-9-5-6-17(12-20)13-21-24(32)29-26(34)30(25(21)33)19-7-3-2-4-8-19/h2-14H,15H2,1H3,(H,28,31)(H,29,32,34)/b21-13-. The number of benzene rings is 3. The first kappa shape index (κ1) is 23.7. The number of aryl methyl sites for hydroxylation is 1. The number of amides is 5. The van der Waals surface area contributed by atoms with Crippen molar-refractivity contribution in [1.82, 2.24) is 5.32 Å². The van der Waals surface area contributed by atoms with Gasteiger partial charge in [0.05, 0.1) is 5.69 Å². The molecule has 0 bridgehead atoms. The number of rotatable bonds is 6. The summed E-state index contributed by atoms with van der Waals surface area (Å²) in [5.41, 5.74) is 2.06. The van der Waals surface area contributed by atoms with Gasteiger partial charge < -0.3 is 10.1 Å². The molecule has 8 nitrogen and oxygen atoms in total. The highest BCUT2D eigenvalue weighted by molar-refractivity contribution is 6.39. The van der Waals surface area contributed by atoms with Crippen molar-refractivity contribution in [3.63, 3.8) is 0 Å². The van der Waals surface area contributed by atoms with E-state index in [0.717, 1.165) is 10.5 Å². The number of nitrogens with one attached hydrogen (secondary N) is 2. The molecule has 5 amide bonds. The molecule has 9 heteroatoms. The number of nitrogens with zero attached hydrogens (tertiary/aromatic N) is 1. The third kappa shape index (κ3) is 5.56. The molecule has 1 aliphatic heterocycles. The van der Waals surface area contributed by atoms with E-state index >= 15 is 0 Å². The number of anilines is 2. The third-order valence-corrected chi connectivity index (χ3v) is 5.52. The minimum Gasteiger partial charge on any atom is -0.484 e. The number of imide groups is 2. The number of hydrogen-bond donors (Lipinski definition) is 2. The molecule has 0 saturated carbocycles. The third-order valence-electron chi connectivity index (χ3n) is 5.11. The molecule has 1 heterocycles. The van der Waals surface area contributed by atoms with Crippen LogP contribution >= 0.6 is 11.6 Å². The van der Waals surface area contributed by atoms with Crippen LogP contribution in [-0.4, -0.2) is 30.4 Å². The zero-order valence-corrected chi connectivity index (χ0v) is 19.3. The van der Waals surface area contributed by atoms with Crippen LogP contribution in [0, 0.1) is 6.92 Å². The fourth-order valence-corrected chi connectivity index (χ4v) is 3.53. The Hall–Kier alpha value is -4.43. The van der Waals surface area contributed by atoms with Crippen LogP contribution in [0.25, 0.3) is 6.08 Å². The number of halogens is 1. The fourth-order valence-electron chi connectivity index (χ4n) is 3.35. The Morgan fingerprint density at radius 3 is 2.54 bits per heavy atom. The molecular weight excluding hydrogens is 470 g/mol. The number of para-hydroxylation sites is 1. The summed E-state index contributed by atoms with van der Waals surface area (Å²) in [5.74, 6) is -1.56. The topological polar surface area (TPSA) is 105 Å². The highest BCUT2D eigenvalue weighted by Gasteiger charge is 2.36. The van der Waals surface area contributed by atoms with Crippen molar-refractivity contribution in [3.05, 3.63) is 94.5 Å². The van der Waals surface area contributed by atoms with Gasteiger partial charge in [0.25, 0.3) is 17.7 Å². The van der Waals surface area contributed by atoms with E-state index in [1.54, 1.807) is 72.8 Å². The van der Waals surface area contributed by atoms with Crippen molar-refractivity contribution in [2.75, 3.05) is 16.8 Å². The molecule has 1 aliphatic rings. The van der Waals surface area contributed by atoms with Crippen LogP contribution in [-0.2, 0) is 14.4 Å². The lowest BCUT2D eigenvalue weighted by molar-refractivity contribution is -0.122. The SMILES string of the molecule is Cc1ccc(NC(=O)COc2cccc(/C=C3/C(=O)NC(=O)N(c4ccccc4)C3=O)c2)cc1Cl. The van der Waals surface area contributed by atoms with Gasteiger partial charge in [-0.15, -0.1) is 0 Å². The number of carbonyl (C=O) groups excluding carboxylic acids is 4. The zero-order chi connectivity index (χ0) is 24.9. The molecule has 35 heavy (non-hydrogen) atoms. The molecule has 4 rings (SSSR count). The van der Waals surface area contributed by atoms with Crippen LogP contribution in [0.2, 0.25) is 5.02 Å². The van der Waals surface area contributed by atoms with Crippen molar-refractivity contribution in [3.8, 4) is 5.75 Å². The molecule has 176 valence electrons. The van der Waals surface area contributed by atoms with E-state index < -0.39 is 17.8 Å². The van der Waals surface area contributed by atoms with E-state index in [-0.39, 0.29) is 18.1 Å². The molecule has 3 aromatic rings. The normalized spacial score (nSPS) is 14.6. The maximum Gasteiger partial charge on any atom is 0.335 e. The van der Waals surface area contributed by atoms with Crippen LogP contribution in [0.3, 0.4) is 0 Å². The van der Waals surface area contributed by atoms with Gasteiger partial charge in [-0.05, 0) is 60.5 Å². The average molecular weight is 490 g/mol. The maximum absolute atomic E-state index is 13.0. The number of barbiturate groups is 1. The van der Waals surface area contributed by atoms with E-state index in [4.69, 9.17) is 16.3 Å². The van der Waals surface area contributed by atoms with Crippen molar-refractivity contribution >= 4 is 52.8 Å². The Kier molecular flexibility index (Phi) is 6.93. The zero-order valence-electron chi connectivity index (χ0n) is 18.6. The first-order valence-corrected chi connectivity index (χ1v) is 10.9. The summed E-state index contributed by atoms with van der Waals surface area (Å²) in [4.78, 5) is 50.7. The average Bonchev–Trinajstić information content (AvgIpc) is 2.84. The van der Waals surface area contributed by atoms with Crippen molar-refractivity contribution < 1.29 is 23.9 Å². The predicted molar refractivity (Wildman–Crippen MR) is 132 cm³/mol. The van der Waals surface area contributed by atoms with Gasteiger partial charge in [0.1, 0.15) is 11.3 Å². The van der Waals surface area contributed by atoms with E-state index in [1.165, 1.54) is 6.08 Å². The lowest BCUT2D eigenvalue weighted by Gasteiger charge is -2.26. The highest BCUT2D eigenvalue weighted by Crippen LogP contribution is 2.23. The maximum atomic E-state index is 13.0. The predicted octanol–water partition coefficient (Wildman–Crippen LogP) is 4.33. The molecule has 0 unspecified atom stereocenters. The molecule has 1 fully saturated rings. The number of ether oxygens (including phenoxy) is 1. The van der Waals surface area contributed by atoms with E-state index in [9.17, 15) is 19.2 Å². The van der Waals surface area contributed by atoms with Crippen LogP contribution in [0.4, 0.5) is 16.2 Å². The largest absolute Gasteiger partial charge is 0.484 e.